The zero-order chi connectivity index (χ0) is 13.4. The van der Waals surface area contributed by atoms with Crippen molar-refractivity contribution < 1.29 is 0 Å². The van der Waals surface area contributed by atoms with Gasteiger partial charge in [0.1, 0.15) is 4.83 Å². The van der Waals surface area contributed by atoms with E-state index in [1.807, 2.05) is 49.6 Å². The topological polar surface area (TPSA) is 34.9 Å². The predicted molar refractivity (Wildman–Crippen MR) is 79.7 cm³/mol. The lowest BCUT2D eigenvalue weighted by molar-refractivity contribution is 0.574. The molecule has 1 aromatic carbocycles. The Labute approximate surface area is 115 Å². The molecule has 0 saturated heterocycles. The van der Waals surface area contributed by atoms with Crippen LogP contribution in [0.4, 0.5) is 0 Å². The van der Waals surface area contributed by atoms with E-state index in [1.54, 1.807) is 10.9 Å². The molecule has 0 aliphatic heterocycles. The minimum atomic E-state index is 0.0418. The molecule has 0 radical (unpaired) electrons. The third-order valence-electron chi connectivity index (χ3n) is 3.16. The molecule has 0 fully saturated rings. The molecule has 2 aromatic heterocycles. The van der Waals surface area contributed by atoms with E-state index in [9.17, 15) is 4.79 Å². The summed E-state index contributed by atoms with van der Waals surface area (Å²) in [4.78, 5) is 17.8. The number of aromatic nitrogens is 2. The van der Waals surface area contributed by atoms with Crippen molar-refractivity contribution in [1.82, 2.24) is 9.55 Å². The summed E-state index contributed by atoms with van der Waals surface area (Å²) in [5.41, 5.74) is 2.09. The lowest BCUT2D eigenvalue weighted by Crippen LogP contribution is -2.21. The van der Waals surface area contributed by atoms with Gasteiger partial charge in [0.05, 0.1) is 11.7 Å². The summed E-state index contributed by atoms with van der Waals surface area (Å²) in [6.45, 7) is 3.98. The summed E-state index contributed by atoms with van der Waals surface area (Å²) in [7, 11) is 0. The molecule has 96 valence electrons. The second kappa shape index (κ2) is 4.63. The number of hydrogen-bond acceptors (Lipinski definition) is 3. The Morgan fingerprint density at radius 3 is 2.63 bits per heavy atom. The van der Waals surface area contributed by atoms with Crippen molar-refractivity contribution >= 4 is 21.6 Å². The van der Waals surface area contributed by atoms with Crippen LogP contribution in [-0.4, -0.2) is 9.55 Å². The Balaban J connectivity index is 2.34. The Kier molecular flexibility index (Phi) is 2.95. The monoisotopic (exact) mass is 270 g/mol. The fourth-order valence-corrected chi connectivity index (χ4v) is 3.05. The number of hydrogen-bond donors (Lipinski definition) is 0. The van der Waals surface area contributed by atoms with Crippen LogP contribution in [0.5, 0.6) is 0 Å². The van der Waals surface area contributed by atoms with E-state index in [0.717, 1.165) is 21.3 Å². The minimum absolute atomic E-state index is 0.0418. The maximum absolute atomic E-state index is 12.6. The van der Waals surface area contributed by atoms with E-state index >= 15 is 0 Å². The van der Waals surface area contributed by atoms with Crippen molar-refractivity contribution in [2.24, 2.45) is 0 Å². The molecular weight excluding hydrogens is 256 g/mol. The molecule has 3 aromatic rings. The van der Waals surface area contributed by atoms with Gasteiger partial charge in [-0.25, -0.2) is 4.98 Å². The molecular formula is C15H14N2OS. The Bertz CT molecular complexity index is 772. The third-order valence-corrected chi connectivity index (χ3v) is 4.05. The van der Waals surface area contributed by atoms with Gasteiger partial charge in [0.15, 0.2) is 0 Å². The summed E-state index contributed by atoms with van der Waals surface area (Å²) in [6.07, 6.45) is 1.64. The van der Waals surface area contributed by atoms with Crippen molar-refractivity contribution in [3.8, 4) is 11.1 Å². The molecule has 2 heterocycles. The lowest BCUT2D eigenvalue weighted by atomic mass is 10.1. The number of thiophene rings is 1. The fraction of sp³-hybridized carbons (Fsp3) is 0.200. The van der Waals surface area contributed by atoms with Gasteiger partial charge in [-0.2, -0.15) is 0 Å². The van der Waals surface area contributed by atoms with Crippen molar-refractivity contribution in [3.05, 3.63) is 52.4 Å². The van der Waals surface area contributed by atoms with Crippen LogP contribution in [0.2, 0.25) is 0 Å². The molecule has 0 atom stereocenters. The fourth-order valence-electron chi connectivity index (χ4n) is 2.14. The molecule has 0 bridgehead atoms. The standard InChI is InChI=1S/C15H14N2OS/c1-10(2)17-9-16-14-13(15(17)18)12(8-19-14)11-6-4-3-5-7-11/h3-10H,1-2H3. The van der Waals surface area contributed by atoms with E-state index in [2.05, 4.69) is 4.98 Å². The van der Waals surface area contributed by atoms with E-state index < -0.39 is 0 Å². The molecule has 0 aliphatic carbocycles. The third kappa shape index (κ3) is 1.98. The minimum Gasteiger partial charge on any atom is -0.296 e. The molecule has 0 spiro atoms. The van der Waals surface area contributed by atoms with Crippen molar-refractivity contribution in [2.45, 2.75) is 19.9 Å². The summed E-state index contributed by atoms with van der Waals surface area (Å²) in [5, 5.41) is 2.74. The normalized spacial score (nSPS) is 11.3. The maximum atomic E-state index is 12.6. The van der Waals surface area contributed by atoms with E-state index in [1.165, 1.54) is 11.3 Å². The predicted octanol–water partition coefficient (Wildman–Crippen LogP) is 3.71. The van der Waals surface area contributed by atoms with Crippen LogP contribution in [0, 0.1) is 0 Å². The highest BCUT2D eigenvalue weighted by Gasteiger charge is 2.13. The molecule has 0 N–H and O–H groups in total. The van der Waals surface area contributed by atoms with Crippen LogP contribution in [0.15, 0.2) is 46.8 Å². The van der Waals surface area contributed by atoms with Gasteiger partial charge in [0.2, 0.25) is 0 Å². The van der Waals surface area contributed by atoms with Crippen molar-refractivity contribution in [3.63, 3.8) is 0 Å². The summed E-state index contributed by atoms with van der Waals surface area (Å²) < 4.78 is 1.68. The van der Waals surface area contributed by atoms with E-state index in [0.29, 0.717) is 0 Å². The number of nitrogens with zero attached hydrogens (tertiary/aromatic N) is 2. The Hall–Kier alpha value is -1.94. The van der Waals surface area contributed by atoms with E-state index in [-0.39, 0.29) is 11.6 Å². The average Bonchev–Trinajstić information content (AvgIpc) is 2.84. The first-order valence-electron chi connectivity index (χ1n) is 6.22. The number of fused-ring (bicyclic) bond motifs is 1. The van der Waals surface area contributed by atoms with Gasteiger partial charge in [-0.15, -0.1) is 11.3 Å². The smallest absolute Gasteiger partial charge is 0.262 e. The first-order chi connectivity index (χ1) is 9.18. The van der Waals surface area contributed by atoms with Gasteiger partial charge in [-0.1, -0.05) is 30.3 Å². The van der Waals surface area contributed by atoms with Gasteiger partial charge in [0.25, 0.3) is 5.56 Å². The molecule has 0 amide bonds. The number of benzene rings is 1. The van der Waals surface area contributed by atoms with Gasteiger partial charge >= 0.3 is 0 Å². The van der Waals surface area contributed by atoms with Crippen molar-refractivity contribution in [2.75, 3.05) is 0 Å². The molecule has 3 nitrogen and oxygen atoms in total. The summed E-state index contributed by atoms with van der Waals surface area (Å²) in [5.74, 6) is 0. The highest BCUT2D eigenvalue weighted by Crippen LogP contribution is 2.30. The zero-order valence-electron chi connectivity index (χ0n) is 10.8. The molecule has 4 heteroatoms. The Morgan fingerprint density at radius 2 is 1.95 bits per heavy atom. The molecule has 0 saturated carbocycles. The van der Waals surface area contributed by atoms with Gasteiger partial charge in [-0.3, -0.25) is 9.36 Å². The second-order valence-corrected chi connectivity index (χ2v) is 5.60. The average molecular weight is 270 g/mol. The molecule has 0 aliphatic rings. The summed E-state index contributed by atoms with van der Waals surface area (Å²) in [6, 6.07) is 10.1. The van der Waals surface area contributed by atoms with Gasteiger partial charge in [-0.05, 0) is 19.4 Å². The quantitative estimate of drug-likeness (QED) is 0.711. The van der Waals surface area contributed by atoms with Crippen molar-refractivity contribution in [1.29, 1.82) is 0 Å². The molecule has 3 rings (SSSR count). The van der Waals surface area contributed by atoms with Crippen LogP contribution in [0.3, 0.4) is 0 Å². The van der Waals surface area contributed by atoms with Crippen LogP contribution >= 0.6 is 11.3 Å². The second-order valence-electron chi connectivity index (χ2n) is 4.75. The SMILES string of the molecule is CC(C)n1cnc2scc(-c3ccccc3)c2c1=O. The van der Waals surface area contributed by atoms with E-state index in [4.69, 9.17) is 0 Å². The largest absolute Gasteiger partial charge is 0.296 e. The van der Waals surface area contributed by atoms with Crippen LogP contribution < -0.4 is 5.56 Å². The van der Waals surface area contributed by atoms with Crippen LogP contribution in [0.25, 0.3) is 21.3 Å². The van der Waals surface area contributed by atoms with Gasteiger partial charge < -0.3 is 0 Å². The summed E-state index contributed by atoms with van der Waals surface area (Å²) >= 11 is 1.52. The maximum Gasteiger partial charge on any atom is 0.262 e. The van der Waals surface area contributed by atoms with Gasteiger partial charge in [0, 0.05) is 17.0 Å². The molecule has 0 unspecified atom stereocenters. The first-order valence-corrected chi connectivity index (χ1v) is 7.10. The Morgan fingerprint density at radius 1 is 1.21 bits per heavy atom. The van der Waals surface area contributed by atoms with Crippen LogP contribution in [0.1, 0.15) is 19.9 Å². The first kappa shape index (κ1) is 12.1. The highest BCUT2D eigenvalue weighted by atomic mass is 32.1. The zero-order valence-corrected chi connectivity index (χ0v) is 11.6. The number of rotatable bonds is 2. The highest BCUT2D eigenvalue weighted by molar-refractivity contribution is 7.17. The molecule has 19 heavy (non-hydrogen) atoms. The lowest BCUT2D eigenvalue weighted by Gasteiger charge is -2.09. The van der Waals surface area contributed by atoms with Crippen LogP contribution in [-0.2, 0) is 0 Å².